The van der Waals surface area contributed by atoms with Crippen LogP contribution in [0.3, 0.4) is 0 Å². The summed E-state index contributed by atoms with van der Waals surface area (Å²) in [6.45, 7) is 2.29. The van der Waals surface area contributed by atoms with Crippen molar-refractivity contribution in [3.8, 4) is 0 Å². The van der Waals surface area contributed by atoms with Gasteiger partial charge in [-0.1, -0.05) is 0 Å². The number of rotatable bonds is 4. The Balaban J connectivity index is 1.43. The van der Waals surface area contributed by atoms with E-state index in [0.717, 1.165) is 34.7 Å². The second-order valence-electron chi connectivity index (χ2n) is 6.11. The lowest BCUT2D eigenvalue weighted by Gasteiger charge is -2.15. The molecule has 2 N–H and O–H groups in total. The van der Waals surface area contributed by atoms with Crippen molar-refractivity contribution in [3.63, 3.8) is 0 Å². The van der Waals surface area contributed by atoms with Gasteiger partial charge in [-0.25, -0.2) is 4.98 Å². The SMILES string of the molecule is O=C(O)C1CCc2sc(NC3CCN(C4CC4)C3)nc21. The molecule has 2 fully saturated rings. The number of fused-ring (bicyclic) bond motifs is 1. The lowest BCUT2D eigenvalue weighted by atomic mass is 10.1. The number of aliphatic carboxylic acids is 1. The highest BCUT2D eigenvalue weighted by Crippen LogP contribution is 2.39. The van der Waals surface area contributed by atoms with Gasteiger partial charge in [-0.2, -0.15) is 0 Å². The fourth-order valence-corrected chi connectivity index (χ4v) is 4.50. The summed E-state index contributed by atoms with van der Waals surface area (Å²) in [6.07, 6.45) is 5.47. The third kappa shape index (κ3) is 2.20. The van der Waals surface area contributed by atoms with E-state index in [-0.39, 0.29) is 5.92 Å². The van der Waals surface area contributed by atoms with Crippen molar-refractivity contribution in [2.24, 2.45) is 0 Å². The third-order valence-corrected chi connectivity index (χ3v) is 5.69. The van der Waals surface area contributed by atoms with Crippen molar-refractivity contribution in [1.82, 2.24) is 9.88 Å². The summed E-state index contributed by atoms with van der Waals surface area (Å²) in [5.74, 6) is -1.12. The maximum atomic E-state index is 11.2. The number of carboxylic acid groups (broad SMARTS) is 1. The molecule has 2 atom stereocenters. The summed E-state index contributed by atoms with van der Waals surface area (Å²) in [7, 11) is 0. The topological polar surface area (TPSA) is 65.5 Å². The van der Waals surface area contributed by atoms with Crippen molar-refractivity contribution < 1.29 is 9.90 Å². The molecule has 1 saturated carbocycles. The summed E-state index contributed by atoms with van der Waals surface area (Å²) in [6, 6.07) is 1.31. The molecule has 6 heteroatoms. The molecular weight excluding hydrogens is 274 g/mol. The van der Waals surface area contributed by atoms with Gasteiger partial charge in [0.2, 0.25) is 0 Å². The highest BCUT2D eigenvalue weighted by Gasteiger charge is 2.36. The van der Waals surface area contributed by atoms with Crippen LogP contribution < -0.4 is 5.32 Å². The van der Waals surface area contributed by atoms with Crippen LogP contribution >= 0.6 is 11.3 Å². The zero-order chi connectivity index (χ0) is 13.7. The van der Waals surface area contributed by atoms with Crippen molar-refractivity contribution in [2.45, 2.75) is 50.1 Å². The summed E-state index contributed by atoms with van der Waals surface area (Å²) >= 11 is 1.65. The average Bonchev–Trinajstić information content (AvgIpc) is 2.83. The fourth-order valence-electron chi connectivity index (χ4n) is 3.38. The van der Waals surface area contributed by atoms with Gasteiger partial charge >= 0.3 is 5.97 Å². The van der Waals surface area contributed by atoms with Crippen LogP contribution in [0.2, 0.25) is 0 Å². The number of anilines is 1. The Morgan fingerprint density at radius 3 is 2.95 bits per heavy atom. The van der Waals surface area contributed by atoms with Gasteiger partial charge in [-0.05, 0) is 32.1 Å². The molecule has 1 saturated heterocycles. The van der Waals surface area contributed by atoms with Gasteiger partial charge in [-0.3, -0.25) is 9.69 Å². The Bertz CT molecular complexity index is 541. The van der Waals surface area contributed by atoms with Gasteiger partial charge in [0.1, 0.15) is 5.92 Å². The first-order valence-corrected chi connectivity index (χ1v) is 8.25. The molecule has 0 amide bonds. The smallest absolute Gasteiger partial charge is 0.312 e. The highest BCUT2D eigenvalue weighted by atomic mass is 32.1. The molecule has 4 rings (SSSR count). The minimum Gasteiger partial charge on any atom is -0.481 e. The first-order chi connectivity index (χ1) is 9.70. The second-order valence-corrected chi connectivity index (χ2v) is 7.20. The number of aromatic nitrogens is 1. The second kappa shape index (κ2) is 4.70. The quantitative estimate of drug-likeness (QED) is 0.887. The van der Waals surface area contributed by atoms with E-state index in [1.807, 2.05) is 0 Å². The number of likely N-dealkylation sites (tertiary alicyclic amines) is 1. The molecule has 2 unspecified atom stereocenters. The van der Waals surface area contributed by atoms with Gasteiger partial charge in [0, 0.05) is 30.1 Å². The average molecular weight is 293 g/mol. The Hall–Kier alpha value is -1.14. The molecule has 108 valence electrons. The monoisotopic (exact) mass is 293 g/mol. The van der Waals surface area contributed by atoms with E-state index in [1.165, 1.54) is 25.8 Å². The number of thiazole rings is 1. The van der Waals surface area contributed by atoms with E-state index < -0.39 is 5.97 Å². The molecule has 0 aromatic carbocycles. The summed E-state index contributed by atoms with van der Waals surface area (Å²) in [5.41, 5.74) is 0.807. The minimum atomic E-state index is -0.735. The van der Waals surface area contributed by atoms with Gasteiger partial charge in [0.05, 0.1) is 5.69 Å². The number of hydrogen-bond acceptors (Lipinski definition) is 5. The maximum absolute atomic E-state index is 11.2. The summed E-state index contributed by atoms with van der Waals surface area (Å²) in [4.78, 5) is 19.5. The summed E-state index contributed by atoms with van der Waals surface area (Å²) < 4.78 is 0. The predicted octanol–water partition coefficient (Wildman–Crippen LogP) is 1.91. The van der Waals surface area contributed by atoms with Gasteiger partial charge < -0.3 is 10.4 Å². The lowest BCUT2D eigenvalue weighted by Crippen LogP contribution is -2.27. The van der Waals surface area contributed by atoms with Crippen molar-refractivity contribution in [3.05, 3.63) is 10.6 Å². The lowest BCUT2D eigenvalue weighted by molar-refractivity contribution is -0.138. The van der Waals surface area contributed by atoms with Gasteiger partial charge in [-0.15, -0.1) is 11.3 Å². The molecule has 2 heterocycles. The molecule has 1 aliphatic heterocycles. The minimum absolute atomic E-state index is 0.386. The molecule has 1 aromatic rings. The van der Waals surface area contributed by atoms with Crippen LogP contribution in [0.5, 0.6) is 0 Å². The molecular formula is C14H19N3O2S. The van der Waals surface area contributed by atoms with Crippen molar-refractivity contribution in [2.75, 3.05) is 18.4 Å². The largest absolute Gasteiger partial charge is 0.481 e. The van der Waals surface area contributed by atoms with Crippen LogP contribution in [0.25, 0.3) is 0 Å². The van der Waals surface area contributed by atoms with E-state index in [2.05, 4.69) is 15.2 Å². The van der Waals surface area contributed by atoms with E-state index in [4.69, 9.17) is 0 Å². The van der Waals surface area contributed by atoms with Crippen LogP contribution in [0.1, 0.15) is 42.2 Å². The van der Waals surface area contributed by atoms with E-state index in [9.17, 15) is 9.90 Å². The standard InChI is InChI=1S/C14H19N3O2S/c18-13(19)10-3-4-11-12(10)16-14(20-11)15-8-5-6-17(7-8)9-1-2-9/h8-10H,1-7H2,(H,15,16)(H,18,19). The third-order valence-electron chi connectivity index (χ3n) is 4.63. The first-order valence-electron chi connectivity index (χ1n) is 7.43. The molecule has 3 aliphatic rings. The van der Waals surface area contributed by atoms with Gasteiger partial charge in [0.15, 0.2) is 5.13 Å². The Labute approximate surface area is 122 Å². The Morgan fingerprint density at radius 1 is 1.35 bits per heavy atom. The zero-order valence-corrected chi connectivity index (χ0v) is 12.2. The zero-order valence-electron chi connectivity index (χ0n) is 11.3. The van der Waals surface area contributed by atoms with E-state index >= 15 is 0 Å². The van der Waals surface area contributed by atoms with Gasteiger partial charge in [0.25, 0.3) is 0 Å². The first kappa shape index (κ1) is 12.6. The molecule has 0 radical (unpaired) electrons. The van der Waals surface area contributed by atoms with Crippen molar-refractivity contribution >= 4 is 22.4 Å². The van der Waals surface area contributed by atoms with E-state index in [1.54, 1.807) is 11.3 Å². The van der Waals surface area contributed by atoms with Crippen molar-refractivity contribution in [1.29, 1.82) is 0 Å². The van der Waals surface area contributed by atoms with Crippen LogP contribution in [0.15, 0.2) is 0 Å². The number of carboxylic acids is 1. The number of nitrogens with zero attached hydrogens (tertiary/aromatic N) is 2. The van der Waals surface area contributed by atoms with Crippen LogP contribution in [-0.4, -0.2) is 46.1 Å². The molecule has 1 aromatic heterocycles. The molecule has 0 spiro atoms. The molecule has 5 nitrogen and oxygen atoms in total. The Kier molecular flexibility index (Phi) is 2.96. The maximum Gasteiger partial charge on any atom is 0.312 e. The molecule has 2 aliphatic carbocycles. The van der Waals surface area contributed by atoms with E-state index in [0.29, 0.717) is 12.5 Å². The summed E-state index contributed by atoms with van der Waals surface area (Å²) in [5, 5.41) is 13.6. The highest BCUT2D eigenvalue weighted by molar-refractivity contribution is 7.15. The Morgan fingerprint density at radius 2 is 2.20 bits per heavy atom. The number of hydrogen-bond donors (Lipinski definition) is 2. The number of carbonyl (C=O) groups is 1. The molecule has 20 heavy (non-hydrogen) atoms. The fraction of sp³-hybridized carbons (Fsp3) is 0.714. The van der Waals surface area contributed by atoms with Crippen LogP contribution in [0.4, 0.5) is 5.13 Å². The number of aryl methyl sites for hydroxylation is 1. The normalized spacial score (nSPS) is 29.6. The number of nitrogens with one attached hydrogen (secondary N) is 1. The predicted molar refractivity (Wildman–Crippen MR) is 77.4 cm³/mol. The van der Waals surface area contributed by atoms with Crippen LogP contribution in [-0.2, 0) is 11.2 Å². The van der Waals surface area contributed by atoms with Crippen LogP contribution in [0, 0.1) is 0 Å². The molecule has 0 bridgehead atoms.